The van der Waals surface area contributed by atoms with Gasteiger partial charge in [-0.15, -0.1) is 0 Å². The molecule has 0 saturated heterocycles. The monoisotopic (exact) mass is 482 g/mol. The Morgan fingerprint density at radius 3 is 1.81 bits per heavy atom. The Hall–Kier alpha value is -3.68. The minimum absolute atomic E-state index is 0.0330. The molecule has 0 spiro atoms. The van der Waals surface area contributed by atoms with Gasteiger partial charge in [0.15, 0.2) is 0 Å². The molecule has 4 atom stereocenters. The fourth-order valence-electron chi connectivity index (χ4n) is 4.78. The van der Waals surface area contributed by atoms with Gasteiger partial charge < -0.3 is 32.3 Å². The molecule has 36 heavy (non-hydrogen) atoms. The predicted molar refractivity (Wildman–Crippen MR) is 146 cm³/mol. The van der Waals surface area contributed by atoms with E-state index in [1.54, 1.807) is 30.3 Å². The van der Waals surface area contributed by atoms with Gasteiger partial charge in [-0.2, -0.15) is 0 Å². The molecule has 4 rings (SSSR count). The molecule has 0 aromatic heterocycles. The molecule has 0 unspecified atom stereocenters. The summed E-state index contributed by atoms with van der Waals surface area (Å²) in [6.07, 6.45) is 0. The second-order valence-corrected chi connectivity index (χ2v) is 8.95. The summed E-state index contributed by atoms with van der Waals surface area (Å²) in [5, 5.41) is 27.7. The van der Waals surface area contributed by atoms with E-state index in [1.165, 1.54) is 5.56 Å². The number of para-hydroxylation sites is 1. The van der Waals surface area contributed by atoms with Crippen molar-refractivity contribution in [1.29, 1.82) is 0 Å². The van der Waals surface area contributed by atoms with Crippen LogP contribution in [0.3, 0.4) is 0 Å². The van der Waals surface area contributed by atoms with Gasteiger partial charge in [0.1, 0.15) is 11.5 Å². The number of rotatable bonds is 9. The molecule has 0 fully saturated rings. The molecule has 0 radical (unpaired) electrons. The van der Waals surface area contributed by atoms with Crippen LogP contribution in [0.25, 0.3) is 11.1 Å². The summed E-state index contributed by atoms with van der Waals surface area (Å²) in [5.41, 5.74) is 18.2. The number of nitrogens with one attached hydrogen (secondary N) is 2. The number of hydrogen-bond acceptors (Lipinski definition) is 6. The topological polar surface area (TPSA) is 117 Å². The second kappa shape index (κ2) is 11.4. The standard InChI is InChI=1S/C30H34N4O2/c1-33-29(19-9-4-3-5-10-19)30(34-2)22-12-8-11-20(17-22)21-15-16-26(36)24(18-21)28(32)27(31)23-13-6-7-14-25(23)35/h3-18,27-30,33-36H,31-32H2,1-2H3/t27-,28-,29-,30-/m1/s1. The van der Waals surface area contributed by atoms with Crippen LogP contribution < -0.4 is 22.1 Å². The number of benzene rings is 4. The summed E-state index contributed by atoms with van der Waals surface area (Å²) < 4.78 is 0. The molecule has 6 nitrogen and oxygen atoms in total. The largest absolute Gasteiger partial charge is 0.508 e. The van der Waals surface area contributed by atoms with Crippen molar-refractivity contribution in [2.45, 2.75) is 24.2 Å². The summed E-state index contributed by atoms with van der Waals surface area (Å²) in [4.78, 5) is 0. The average Bonchev–Trinajstić information content (AvgIpc) is 2.92. The Labute approximate surface area is 212 Å². The first-order chi connectivity index (χ1) is 17.4. The van der Waals surface area contributed by atoms with Crippen molar-refractivity contribution in [2.75, 3.05) is 14.1 Å². The van der Waals surface area contributed by atoms with Crippen LogP contribution in [-0.2, 0) is 0 Å². The first-order valence-electron chi connectivity index (χ1n) is 12.1. The predicted octanol–water partition coefficient (Wildman–Crippen LogP) is 4.69. The van der Waals surface area contributed by atoms with Crippen molar-refractivity contribution in [2.24, 2.45) is 11.5 Å². The van der Waals surface area contributed by atoms with Crippen LogP contribution in [0.2, 0.25) is 0 Å². The van der Waals surface area contributed by atoms with Crippen LogP contribution in [0.15, 0.2) is 97.1 Å². The molecule has 0 saturated carbocycles. The van der Waals surface area contributed by atoms with Gasteiger partial charge in [-0.05, 0) is 60.6 Å². The Kier molecular flexibility index (Phi) is 8.03. The van der Waals surface area contributed by atoms with Crippen LogP contribution in [0.5, 0.6) is 11.5 Å². The maximum Gasteiger partial charge on any atom is 0.120 e. The van der Waals surface area contributed by atoms with Gasteiger partial charge in [0.25, 0.3) is 0 Å². The van der Waals surface area contributed by atoms with E-state index in [4.69, 9.17) is 11.5 Å². The third-order valence-corrected chi connectivity index (χ3v) is 6.76. The number of nitrogens with two attached hydrogens (primary N) is 2. The number of phenolic OH excluding ortho intramolecular Hbond substituents is 2. The Morgan fingerprint density at radius 2 is 1.11 bits per heavy atom. The van der Waals surface area contributed by atoms with Gasteiger partial charge in [0.2, 0.25) is 0 Å². The van der Waals surface area contributed by atoms with Crippen LogP contribution in [0, 0.1) is 0 Å². The fraction of sp³-hybridized carbons (Fsp3) is 0.200. The van der Waals surface area contributed by atoms with E-state index in [1.807, 2.05) is 56.6 Å². The fourth-order valence-corrected chi connectivity index (χ4v) is 4.78. The Bertz CT molecular complexity index is 1300. The summed E-state index contributed by atoms with van der Waals surface area (Å²) in [6.45, 7) is 0. The SMILES string of the molecule is CN[C@H](c1ccccc1)[C@H](NC)c1cccc(-c2ccc(O)c([C@@H](N)[C@H](N)c3ccccc3O)c2)c1. The lowest BCUT2D eigenvalue weighted by atomic mass is 9.89. The molecule has 0 aliphatic heterocycles. The van der Waals surface area contributed by atoms with Gasteiger partial charge in [-0.3, -0.25) is 0 Å². The maximum absolute atomic E-state index is 10.6. The van der Waals surface area contributed by atoms with Crippen molar-refractivity contribution in [1.82, 2.24) is 10.6 Å². The van der Waals surface area contributed by atoms with Crippen LogP contribution in [0.1, 0.15) is 46.4 Å². The van der Waals surface area contributed by atoms with Gasteiger partial charge in [-0.1, -0.05) is 72.8 Å². The lowest BCUT2D eigenvalue weighted by Crippen LogP contribution is -2.31. The minimum atomic E-state index is -0.710. The molecule has 8 N–H and O–H groups in total. The van der Waals surface area contributed by atoms with E-state index >= 15 is 0 Å². The molecular formula is C30H34N4O2. The molecule has 4 aromatic carbocycles. The summed E-state index contributed by atoms with van der Waals surface area (Å²) in [6, 6.07) is 29.6. The molecule has 0 bridgehead atoms. The smallest absolute Gasteiger partial charge is 0.120 e. The van der Waals surface area contributed by atoms with Crippen molar-refractivity contribution in [3.63, 3.8) is 0 Å². The zero-order valence-electron chi connectivity index (χ0n) is 20.6. The highest BCUT2D eigenvalue weighted by Crippen LogP contribution is 2.37. The lowest BCUT2D eigenvalue weighted by Gasteiger charge is -2.28. The zero-order valence-corrected chi connectivity index (χ0v) is 20.6. The summed E-state index contributed by atoms with van der Waals surface area (Å²) in [7, 11) is 3.93. The van der Waals surface area contributed by atoms with E-state index in [2.05, 4.69) is 34.9 Å². The molecule has 186 valence electrons. The molecule has 4 aromatic rings. The summed E-state index contributed by atoms with van der Waals surface area (Å²) in [5.74, 6) is 0.153. The zero-order chi connectivity index (χ0) is 25.7. The van der Waals surface area contributed by atoms with Gasteiger partial charge in [-0.25, -0.2) is 0 Å². The second-order valence-electron chi connectivity index (χ2n) is 8.95. The highest BCUT2D eigenvalue weighted by atomic mass is 16.3. The van der Waals surface area contributed by atoms with E-state index in [-0.39, 0.29) is 23.6 Å². The van der Waals surface area contributed by atoms with Crippen LogP contribution in [-0.4, -0.2) is 24.3 Å². The number of likely N-dealkylation sites (N-methyl/N-ethyl adjacent to an activating group) is 2. The highest BCUT2D eigenvalue weighted by Gasteiger charge is 2.24. The quantitative estimate of drug-likeness (QED) is 0.206. The first kappa shape index (κ1) is 25.4. The Morgan fingerprint density at radius 1 is 0.556 bits per heavy atom. The minimum Gasteiger partial charge on any atom is -0.508 e. The van der Waals surface area contributed by atoms with Gasteiger partial charge in [0.05, 0.1) is 24.2 Å². The first-order valence-corrected chi connectivity index (χ1v) is 12.1. The average molecular weight is 483 g/mol. The van der Waals surface area contributed by atoms with Crippen molar-refractivity contribution < 1.29 is 10.2 Å². The van der Waals surface area contributed by atoms with E-state index < -0.39 is 12.1 Å². The number of hydrogen-bond donors (Lipinski definition) is 6. The van der Waals surface area contributed by atoms with Gasteiger partial charge >= 0.3 is 0 Å². The normalized spacial score (nSPS) is 14.7. The molecule has 0 amide bonds. The van der Waals surface area contributed by atoms with Gasteiger partial charge in [0, 0.05) is 11.1 Å². The number of phenols is 2. The van der Waals surface area contributed by atoms with Crippen LogP contribution in [0.4, 0.5) is 0 Å². The third kappa shape index (κ3) is 5.27. The highest BCUT2D eigenvalue weighted by molar-refractivity contribution is 5.67. The molecule has 0 aliphatic rings. The van der Waals surface area contributed by atoms with E-state index in [0.717, 1.165) is 16.7 Å². The third-order valence-electron chi connectivity index (χ3n) is 6.76. The molecule has 6 heteroatoms. The Balaban J connectivity index is 1.67. The molecular weight excluding hydrogens is 448 g/mol. The van der Waals surface area contributed by atoms with E-state index in [0.29, 0.717) is 11.1 Å². The van der Waals surface area contributed by atoms with Crippen molar-refractivity contribution >= 4 is 0 Å². The van der Waals surface area contributed by atoms with Crippen LogP contribution >= 0.6 is 0 Å². The van der Waals surface area contributed by atoms with E-state index in [9.17, 15) is 10.2 Å². The lowest BCUT2D eigenvalue weighted by molar-refractivity contribution is 0.432. The molecule has 0 heterocycles. The van der Waals surface area contributed by atoms with Crippen molar-refractivity contribution in [3.05, 3.63) is 119 Å². The molecule has 0 aliphatic carbocycles. The van der Waals surface area contributed by atoms with Crippen molar-refractivity contribution in [3.8, 4) is 22.6 Å². The summed E-state index contributed by atoms with van der Waals surface area (Å²) >= 11 is 0. The number of aromatic hydroxyl groups is 2. The maximum atomic E-state index is 10.6.